The van der Waals surface area contributed by atoms with Crippen molar-refractivity contribution in [1.29, 1.82) is 0 Å². The highest BCUT2D eigenvalue weighted by atomic mass is 19.2. The van der Waals surface area contributed by atoms with Crippen LogP contribution in [0, 0.1) is 24.4 Å². The molecule has 2 nitrogen and oxygen atoms in total. The van der Waals surface area contributed by atoms with Crippen LogP contribution in [0.3, 0.4) is 0 Å². The molecule has 3 aromatic carbocycles. The van der Waals surface area contributed by atoms with E-state index in [1.165, 1.54) is 12.1 Å². The molecule has 5 heteroatoms. The first-order valence-electron chi connectivity index (χ1n) is 10.6. The molecule has 1 N–H and O–H groups in total. The third kappa shape index (κ3) is 4.62. The van der Waals surface area contributed by atoms with Gasteiger partial charge in [-0.2, -0.15) is 0 Å². The van der Waals surface area contributed by atoms with Crippen LogP contribution in [0.4, 0.5) is 13.2 Å². The van der Waals surface area contributed by atoms with Gasteiger partial charge in [-0.05, 0) is 54.5 Å². The summed E-state index contributed by atoms with van der Waals surface area (Å²) in [5.74, 6) is -2.17. The van der Waals surface area contributed by atoms with Gasteiger partial charge in [0.05, 0.1) is 0 Å². The molecule has 162 valence electrons. The average molecular weight is 426 g/mol. The average Bonchev–Trinajstić information content (AvgIpc) is 2.78. The molecule has 0 radical (unpaired) electrons. The molecule has 0 saturated heterocycles. The van der Waals surface area contributed by atoms with Crippen LogP contribution in [0.5, 0.6) is 5.75 Å². The predicted molar refractivity (Wildman–Crippen MR) is 114 cm³/mol. The molecule has 1 unspecified atom stereocenters. The van der Waals surface area contributed by atoms with Crippen molar-refractivity contribution in [2.45, 2.75) is 51.2 Å². The number of rotatable bonds is 5. The summed E-state index contributed by atoms with van der Waals surface area (Å²) in [5.41, 5.74) is 2.24. The molecular formula is C26H25F3O2. The Balaban J connectivity index is 1.53. The summed E-state index contributed by atoms with van der Waals surface area (Å²) < 4.78 is 48.9. The molecule has 0 aromatic heterocycles. The number of halogens is 3. The maximum Gasteiger partial charge on any atom is 0.224 e. The minimum absolute atomic E-state index is 0.0615. The smallest absolute Gasteiger partial charge is 0.224 e. The van der Waals surface area contributed by atoms with Crippen molar-refractivity contribution in [3.05, 3.63) is 88.7 Å². The third-order valence-electron chi connectivity index (χ3n) is 5.99. The van der Waals surface area contributed by atoms with Crippen LogP contribution >= 0.6 is 0 Å². The Hall–Kier alpha value is -2.79. The number of aliphatic hydroxyl groups is 1. The van der Waals surface area contributed by atoms with Gasteiger partial charge in [-0.3, -0.25) is 0 Å². The normalized spacial score (nSPS) is 15.6. The Labute approximate surface area is 180 Å². The summed E-state index contributed by atoms with van der Waals surface area (Å²) in [6.45, 7) is 1.76. The summed E-state index contributed by atoms with van der Waals surface area (Å²) >= 11 is 0. The number of hydrogen-bond acceptors (Lipinski definition) is 2. The van der Waals surface area contributed by atoms with Crippen LogP contribution in [-0.4, -0.2) is 5.11 Å². The fraction of sp³-hybridized carbons (Fsp3) is 0.308. The molecule has 1 saturated carbocycles. The third-order valence-corrected chi connectivity index (χ3v) is 5.99. The first-order valence-corrected chi connectivity index (χ1v) is 10.6. The minimum Gasteiger partial charge on any atom is -0.458 e. The molecule has 0 amide bonds. The molecule has 4 rings (SSSR count). The maximum absolute atomic E-state index is 14.8. The zero-order valence-electron chi connectivity index (χ0n) is 17.4. The largest absolute Gasteiger partial charge is 0.458 e. The van der Waals surface area contributed by atoms with Crippen molar-refractivity contribution in [3.63, 3.8) is 0 Å². The monoisotopic (exact) mass is 426 g/mol. The van der Waals surface area contributed by atoms with E-state index in [1.807, 2.05) is 0 Å². The van der Waals surface area contributed by atoms with Gasteiger partial charge in [0.1, 0.15) is 0 Å². The second kappa shape index (κ2) is 9.15. The van der Waals surface area contributed by atoms with Gasteiger partial charge in [0, 0.05) is 11.1 Å². The van der Waals surface area contributed by atoms with E-state index in [0.717, 1.165) is 37.7 Å². The highest BCUT2D eigenvalue weighted by Crippen LogP contribution is 2.37. The van der Waals surface area contributed by atoms with E-state index >= 15 is 0 Å². The number of hydrogen-bond donors (Lipinski definition) is 1. The summed E-state index contributed by atoms with van der Waals surface area (Å²) in [7, 11) is 0. The fourth-order valence-electron chi connectivity index (χ4n) is 4.23. The Bertz CT molecular complexity index is 1060. The summed E-state index contributed by atoms with van der Waals surface area (Å²) in [5, 5.41) is 10.3. The summed E-state index contributed by atoms with van der Waals surface area (Å²) in [6.07, 6.45) is 3.64. The second-order valence-electron chi connectivity index (χ2n) is 8.19. The van der Waals surface area contributed by atoms with Crippen molar-refractivity contribution in [3.8, 4) is 16.9 Å². The lowest BCUT2D eigenvalue weighted by molar-refractivity contribution is -0.0220. The Morgan fingerprint density at radius 2 is 1.58 bits per heavy atom. The van der Waals surface area contributed by atoms with E-state index in [-0.39, 0.29) is 17.2 Å². The van der Waals surface area contributed by atoms with Crippen LogP contribution in [0.2, 0.25) is 0 Å². The fourth-order valence-corrected chi connectivity index (χ4v) is 4.23. The van der Waals surface area contributed by atoms with Crippen molar-refractivity contribution >= 4 is 0 Å². The molecule has 1 aliphatic rings. The van der Waals surface area contributed by atoms with Gasteiger partial charge in [0.15, 0.2) is 23.2 Å². The zero-order valence-corrected chi connectivity index (χ0v) is 17.4. The van der Waals surface area contributed by atoms with Crippen molar-refractivity contribution in [2.75, 3.05) is 0 Å². The molecule has 0 spiro atoms. The SMILES string of the molecule is Cc1ccc(OC(O)c2ccc(-c3ccc(C4CCCCC4)c(F)c3F)cc2)c(F)c1. The number of ether oxygens (including phenoxy) is 1. The summed E-state index contributed by atoms with van der Waals surface area (Å²) in [4.78, 5) is 0. The van der Waals surface area contributed by atoms with Crippen LogP contribution < -0.4 is 4.74 Å². The van der Waals surface area contributed by atoms with E-state index in [2.05, 4.69) is 0 Å². The van der Waals surface area contributed by atoms with E-state index < -0.39 is 23.7 Å². The van der Waals surface area contributed by atoms with E-state index in [1.54, 1.807) is 49.4 Å². The van der Waals surface area contributed by atoms with Gasteiger partial charge >= 0.3 is 0 Å². The lowest BCUT2D eigenvalue weighted by atomic mass is 9.83. The molecule has 1 atom stereocenters. The van der Waals surface area contributed by atoms with Crippen molar-refractivity contribution < 1.29 is 23.0 Å². The van der Waals surface area contributed by atoms with Gasteiger partial charge in [0.25, 0.3) is 0 Å². The standard InChI is InChI=1S/C26H25F3O2/c1-16-7-14-23(22(27)15-16)31-26(30)19-10-8-18(9-11-19)21-13-12-20(24(28)25(21)29)17-5-3-2-4-6-17/h7-15,17,26,30H,2-6H2,1H3. The molecule has 0 bridgehead atoms. The minimum atomic E-state index is -1.39. The van der Waals surface area contributed by atoms with Gasteiger partial charge in [-0.25, -0.2) is 13.2 Å². The number of aryl methyl sites for hydroxylation is 1. The molecular weight excluding hydrogens is 401 g/mol. The van der Waals surface area contributed by atoms with Crippen LogP contribution in [0.25, 0.3) is 11.1 Å². The first kappa shape index (κ1) is 21.4. The summed E-state index contributed by atoms with van der Waals surface area (Å²) in [6, 6.07) is 14.0. The molecule has 0 aliphatic heterocycles. The quantitative estimate of drug-likeness (QED) is 0.437. The van der Waals surface area contributed by atoms with Crippen LogP contribution in [-0.2, 0) is 0 Å². The van der Waals surface area contributed by atoms with E-state index in [4.69, 9.17) is 4.74 Å². The number of benzene rings is 3. The zero-order chi connectivity index (χ0) is 22.0. The van der Waals surface area contributed by atoms with Crippen LogP contribution in [0.15, 0.2) is 54.6 Å². The Morgan fingerprint density at radius 1 is 0.871 bits per heavy atom. The van der Waals surface area contributed by atoms with Gasteiger partial charge in [-0.15, -0.1) is 0 Å². The van der Waals surface area contributed by atoms with Crippen molar-refractivity contribution in [1.82, 2.24) is 0 Å². The van der Waals surface area contributed by atoms with Gasteiger partial charge in [-0.1, -0.05) is 61.7 Å². The first-order chi connectivity index (χ1) is 14.9. The predicted octanol–water partition coefficient (Wildman–Crippen LogP) is 7.20. The Morgan fingerprint density at radius 3 is 2.26 bits per heavy atom. The second-order valence-corrected chi connectivity index (χ2v) is 8.19. The van der Waals surface area contributed by atoms with E-state index in [0.29, 0.717) is 16.7 Å². The maximum atomic E-state index is 14.8. The van der Waals surface area contributed by atoms with Gasteiger partial charge in [0.2, 0.25) is 6.29 Å². The lowest BCUT2D eigenvalue weighted by Gasteiger charge is -2.23. The molecule has 3 aromatic rings. The molecule has 1 fully saturated rings. The Kier molecular flexibility index (Phi) is 6.33. The molecule has 1 aliphatic carbocycles. The lowest BCUT2D eigenvalue weighted by Crippen LogP contribution is -2.08. The topological polar surface area (TPSA) is 29.5 Å². The van der Waals surface area contributed by atoms with Gasteiger partial charge < -0.3 is 9.84 Å². The number of aliphatic hydroxyl groups excluding tert-OH is 1. The molecule has 31 heavy (non-hydrogen) atoms. The van der Waals surface area contributed by atoms with E-state index in [9.17, 15) is 18.3 Å². The molecule has 0 heterocycles. The van der Waals surface area contributed by atoms with Crippen molar-refractivity contribution in [2.24, 2.45) is 0 Å². The highest BCUT2D eigenvalue weighted by molar-refractivity contribution is 5.65. The van der Waals surface area contributed by atoms with Crippen LogP contribution in [0.1, 0.15) is 61.0 Å². The highest BCUT2D eigenvalue weighted by Gasteiger charge is 2.23.